The fraction of sp³-hybridized carbons (Fsp3) is 0.429. The topological polar surface area (TPSA) is 52.7 Å². The van der Waals surface area contributed by atoms with Crippen LogP contribution in [0.4, 0.5) is 5.69 Å². The lowest BCUT2D eigenvalue weighted by atomic mass is 10.3. The zero-order chi connectivity index (χ0) is 16.0. The third-order valence-corrected chi connectivity index (χ3v) is 3.45. The van der Waals surface area contributed by atoms with Crippen LogP contribution in [0, 0.1) is 0 Å². The van der Waals surface area contributed by atoms with Gasteiger partial charge in [0.25, 0.3) is 0 Å². The molecule has 0 aliphatic heterocycles. The van der Waals surface area contributed by atoms with Crippen molar-refractivity contribution in [1.82, 2.24) is 9.80 Å². The Labute approximate surface area is 134 Å². The molecule has 1 N–H and O–H groups in total. The number of carbonyl (C=O) groups excluding carboxylic acids is 2. The summed E-state index contributed by atoms with van der Waals surface area (Å²) in [5, 5.41) is 3.36. The first-order chi connectivity index (χ1) is 9.81. The van der Waals surface area contributed by atoms with Crippen molar-refractivity contribution in [2.24, 2.45) is 0 Å². The van der Waals surface area contributed by atoms with Gasteiger partial charge in [0.2, 0.25) is 11.8 Å². The molecule has 0 fully saturated rings. The first kappa shape index (κ1) is 17.8. The smallest absolute Gasteiger partial charge is 0.244 e. The van der Waals surface area contributed by atoms with E-state index in [1.54, 1.807) is 18.2 Å². The summed E-state index contributed by atoms with van der Waals surface area (Å²) in [6.07, 6.45) is 0. The standard InChI is InChI=1S/C14H19Cl2N3O2/c1-10(20)19(8-7-18(2)3)9-13(21)17-14-11(15)5-4-6-12(14)16/h4-6H,7-9H2,1-3H3,(H,17,21). The van der Waals surface area contributed by atoms with Gasteiger partial charge in [-0.05, 0) is 26.2 Å². The van der Waals surface area contributed by atoms with Crippen molar-refractivity contribution in [3.05, 3.63) is 28.2 Å². The summed E-state index contributed by atoms with van der Waals surface area (Å²) in [6.45, 7) is 2.56. The lowest BCUT2D eigenvalue weighted by Gasteiger charge is -2.22. The molecule has 0 atom stereocenters. The van der Waals surface area contributed by atoms with E-state index in [0.29, 0.717) is 28.8 Å². The number of amides is 2. The number of nitrogens with one attached hydrogen (secondary N) is 1. The fourth-order valence-electron chi connectivity index (χ4n) is 1.64. The van der Waals surface area contributed by atoms with Crippen LogP contribution in [-0.4, -0.2) is 55.3 Å². The molecule has 0 saturated carbocycles. The van der Waals surface area contributed by atoms with Crippen molar-refractivity contribution in [3.63, 3.8) is 0 Å². The number of nitrogens with zero attached hydrogens (tertiary/aromatic N) is 2. The number of para-hydroxylation sites is 1. The second-order valence-electron chi connectivity index (χ2n) is 4.89. The SMILES string of the molecule is CC(=O)N(CCN(C)C)CC(=O)Nc1c(Cl)cccc1Cl. The first-order valence-corrected chi connectivity index (χ1v) is 7.21. The second kappa shape index (κ2) is 8.22. The molecular weight excluding hydrogens is 313 g/mol. The van der Waals surface area contributed by atoms with E-state index in [-0.39, 0.29) is 18.4 Å². The maximum absolute atomic E-state index is 12.0. The van der Waals surface area contributed by atoms with Crippen LogP contribution in [0.5, 0.6) is 0 Å². The number of likely N-dealkylation sites (N-methyl/N-ethyl adjacent to an activating group) is 1. The molecule has 116 valence electrons. The average Bonchev–Trinajstić information content (AvgIpc) is 2.38. The molecule has 0 aliphatic rings. The number of hydrogen-bond acceptors (Lipinski definition) is 3. The monoisotopic (exact) mass is 331 g/mol. The highest BCUT2D eigenvalue weighted by atomic mass is 35.5. The second-order valence-corrected chi connectivity index (χ2v) is 5.70. The van der Waals surface area contributed by atoms with E-state index < -0.39 is 0 Å². The molecule has 1 rings (SSSR count). The predicted octanol–water partition coefficient (Wildman–Crippen LogP) is 2.34. The number of rotatable bonds is 6. The molecule has 0 spiro atoms. The normalized spacial score (nSPS) is 10.6. The van der Waals surface area contributed by atoms with E-state index in [2.05, 4.69) is 5.32 Å². The van der Waals surface area contributed by atoms with Gasteiger partial charge in [-0.2, -0.15) is 0 Å². The van der Waals surface area contributed by atoms with Crippen molar-refractivity contribution < 1.29 is 9.59 Å². The molecule has 5 nitrogen and oxygen atoms in total. The van der Waals surface area contributed by atoms with Gasteiger partial charge in [0.15, 0.2) is 0 Å². The van der Waals surface area contributed by atoms with E-state index in [4.69, 9.17) is 23.2 Å². The molecule has 0 saturated heterocycles. The molecule has 1 aromatic rings. The quantitative estimate of drug-likeness (QED) is 0.870. The Bertz CT molecular complexity index is 501. The molecule has 0 aromatic heterocycles. The van der Waals surface area contributed by atoms with Crippen LogP contribution in [0.25, 0.3) is 0 Å². The Kier molecular flexibility index (Phi) is 6.95. The first-order valence-electron chi connectivity index (χ1n) is 6.45. The zero-order valence-electron chi connectivity index (χ0n) is 12.3. The van der Waals surface area contributed by atoms with Crippen molar-refractivity contribution in [2.75, 3.05) is 39.0 Å². The number of benzene rings is 1. The van der Waals surface area contributed by atoms with Gasteiger partial charge in [-0.3, -0.25) is 9.59 Å². The Hall–Kier alpha value is -1.30. The van der Waals surface area contributed by atoms with Crippen LogP contribution >= 0.6 is 23.2 Å². The van der Waals surface area contributed by atoms with Gasteiger partial charge in [-0.15, -0.1) is 0 Å². The van der Waals surface area contributed by atoms with Crippen LogP contribution in [0.3, 0.4) is 0 Å². The van der Waals surface area contributed by atoms with Gasteiger partial charge in [0, 0.05) is 20.0 Å². The third kappa shape index (κ3) is 5.91. The van der Waals surface area contributed by atoms with Crippen molar-refractivity contribution in [2.45, 2.75) is 6.92 Å². The molecule has 0 radical (unpaired) electrons. The molecule has 0 aliphatic carbocycles. The fourth-order valence-corrected chi connectivity index (χ4v) is 2.13. The minimum atomic E-state index is -0.334. The highest BCUT2D eigenvalue weighted by molar-refractivity contribution is 6.39. The number of anilines is 1. The number of halogens is 2. The van der Waals surface area contributed by atoms with E-state index in [1.807, 2.05) is 19.0 Å². The van der Waals surface area contributed by atoms with E-state index in [1.165, 1.54) is 11.8 Å². The highest BCUT2D eigenvalue weighted by Crippen LogP contribution is 2.29. The summed E-state index contributed by atoms with van der Waals surface area (Å²) in [5.74, 6) is -0.490. The van der Waals surface area contributed by atoms with Crippen LogP contribution in [-0.2, 0) is 9.59 Å². The van der Waals surface area contributed by atoms with E-state index in [9.17, 15) is 9.59 Å². The minimum Gasteiger partial charge on any atom is -0.332 e. The molecule has 0 heterocycles. The lowest BCUT2D eigenvalue weighted by Crippen LogP contribution is -2.40. The van der Waals surface area contributed by atoms with Gasteiger partial charge in [0.05, 0.1) is 22.3 Å². The van der Waals surface area contributed by atoms with E-state index >= 15 is 0 Å². The van der Waals surface area contributed by atoms with Crippen LogP contribution < -0.4 is 5.32 Å². The van der Waals surface area contributed by atoms with Crippen LogP contribution in [0.15, 0.2) is 18.2 Å². The summed E-state index contributed by atoms with van der Waals surface area (Å²) in [5.41, 5.74) is 0.363. The summed E-state index contributed by atoms with van der Waals surface area (Å²) >= 11 is 12.0. The molecule has 0 unspecified atom stereocenters. The van der Waals surface area contributed by atoms with Crippen molar-refractivity contribution >= 4 is 40.7 Å². The van der Waals surface area contributed by atoms with E-state index in [0.717, 1.165) is 0 Å². The minimum absolute atomic E-state index is 0.0370. The van der Waals surface area contributed by atoms with Gasteiger partial charge >= 0.3 is 0 Å². The molecule has 21 heavy (non-hydrogen) atoms. The summed E-state index contributed by atoms with van der Waals surface area (Å²) in [4.78, 5) is 27.0. The molecular formula is C14H19Cl2N3O2. The Morgan fingerprint density at radius 1 is 1.14 bits per heavy atom. The van der Waals surface area contributed by atoms with Gasteiger partial charge in [0.1, 0.15) is 0 Å². The lowest BCUT2D eigenvalue weighted by molar-refractivity contribution is -0.132. The summed E-state index contributed by atoms with van der Waals surface area (Å²) in [7, 11) is 3.81. The van der Waals surface area contributed by atoms with Gasteiger partial charge in [-0.25, -0.2) is 0 Å². The number of carbonyl (C=O) groups is 2. The number of hydrogen-bond donors (Lipinski definition) is 1. The summed E-state index contributed by atoms with van der Waals surface area (Å²) < 4.78 is 0. The van der Waals surface area contributed by atoms with Crippen molar-refractivity contribution in [1.29, 1.82) is 0 Å². The molecule has 1 aromatic carbocycles. The molecule has 0 bridgehead atoms. The summed E-state index contributed by atoms with van der Waals surface area (Å²) in [6, 6.07) is 4.97. The molecule has 2 amide bonds. The maximum atomic E-state index is 12.0. The van der Waals surface area contributed by atoms with Gasteiger partial charge < -0.3 is 15.1 Å². The van der Waals surface area contributed by atoms with Crippen LogP contribution in [0.2, 0.25) is 10.0 Å². The maximum Gasteiger partial charge on any atom is 0.244 e. The largest absolute Gasteiger partial charge is 0.332 e. The average molecular weight is 332 g/mol. The Balaban J connectivity index is 2.68. The Morgan fingerprint density at radius 2 is 1.71 bits per heavy atom. The van der Waals surface area contributed by atoms with Crippen LogP contribution in [0.1, 0.15) is 6.92 Å². The van der Waals surface area contributed by atoms with Crippen molar-refractivity contribution in [3.8, 4) is 0 Å². The third-order valence-electron chi connectivity index (χ3n) is 2.82. The zero-order valence-corrected chi connectivity index (χ0v) is 13.8. The van der Waals surface area contributed by atoms with Gasteiger partial charge in [-0.1, -0.05) is 29.3 Å². The highest BCUT2D eigenvalue weighted by Gasteiger charge is 2.15. The Morgan fingerprint density at radius 3 is 2.19 bits per heavy atom. The predicted molar refractivity (Wildman–Crippen MR) is 85.9 cm³/mol. The molecule has 7 heteroatoms.